The summed E-state index contributed by atoms with van der Waals surface area (Å²) in [5.41, 5.74) is 5.92. The fourth-order valence-electron chi connectivity index (χ4n) is 4.06. The van der Waals surface area contributed by atoms with Gasteiger partial charge in [-0.15, -0.1) is 0 Å². The molecule has 0 saturated heterocycles. The minimum atomic E-state index is -0.219. The lowest BCUT2D eigenvalue weighted by Crippen LogP contribution is -2.20. The maximum absolute atomic E-state index is 12.8. The second-order valence-electron chi connectivity index (χ2n) is 8.24. The van der Waals surface area contributed by atoms with Crippen molar-refractivity contribution >= 4 is 34.4 Å². The maximum atomic E-state index is 12.8. The third-order valence-corrected chi connectivity index (χ3v) is 5.85. The van der Waals surface area contributed by atoms with Crippen molar-refractivity contribution in [2.45, 2.75) is 26.9 Å². The van der Waals surface area contributed by atoms with Crippen LogP contribution >= 0.6 is 11.6 Å². The van der Waals surface area contributed by atoms with Crippen LogP contribution in [0.15, 0.2) is 73.1 Å². The second-order valence-corrected chi connectivity index (χ2v) is 8.68. The third-order valence-electron chi connectivity index (χ3n) is 5.60. The Labute approximate surface area is 202 Å². The molecule has 1 N–H and O–H groups in total. The highest BCUT2D eigenvalue weighted by molar-refractivity contribution is 6.30. The third kappa shape index (κ3) is 4.56. The van der Waals surface area contributed by atoms with Crippen LogP contribution in [-0.4, -0.2) is 30.5 Å². The monoisotopic (exact) mass is 470 g/mol. The Hall–Kier alpha value is -3.97. The number of aryl methyl sites for hydroxylation is 2. The quantitative estimate of drug-likeness (QED) is 0.367. The van der Waals surface area contributed by atoms with E-state index >= 15 is 0 Å². The first-order valence-corrected chi connectivity index (χ1v) is 11.3. The van der Waals surface area contributed by atoms with Gasteiger partial charge in [-0.2, -0.15) is 10.2 Å². The summed E-state index contributed by atoms with van der Waals surface area (Å²) in [6, 6.07) is 19.7. The molecule has 0 aliphatic carbocycles. The summed E-state index contributed by atoms with van der Waals surface area (Å²) in [5, 5.41) is 13.5. The first kappa shape index (κ1) is 21.9. The summed E-state index contributed by atoms with van der Waals surface area (Å²) in [7, 11) is 0. The standard InChI is InChI=1S/C26H23ClN6O/c1-17-4-3-5-20(14-17)22-10-12-28-26-25(22)18(2)30-33(26)16-24(34)29-23-11-13-32(31-23)15-19-6-8-21(27)9-7-19/h3-14H,15-16H2,1-2H3,(H,29,31,34). The fraction of sp³-hybridized carbons (Fsp3) is 0.154. The first-order valence-electron chi connectivity index (χ1n) is 10.9. The minimum Gasteiger partial charge on any atom is -0.308 e. The number of aromatic nitrogens is 5. The van der Waals surface area contributed by atoms with Gasteiger partial charge in [-0.05, 0) is 48.7 Å². The second kappa shape index (κ2) is 9.11. The molecule has 0 aliphatic heterocycles. The van der Waals surface area contributed by atoms with Gasteiger partial charge in [0.15, 0.2) is 11.5 Å². The number of amides is 1. The molecular formula is C26H23ClN6O. The Balaban J connectivity index is 1.33. The molecule has 0 spiro atoms. The van der Waals surface area contributed by atoms with Crippen molar-refractivity contribution in [3.05, 3.63) is 94.9 Å². The van der Waals surface area contributed by atoms with Crippen LogP contribution in [0.2, 0.25) is 5.02 Å². The van der Waals surface area contributed by atoms with Gasteiger partial charge >= 0.3 is 0 Å². The summed E-state index contributed by atoms with van der Waals surface area (Å²) >= 11 is 5.94. The summed E-state index contributed by atoms with van der Waals surface area (Å²) in [6.07, 6.45) is 3.58. The molecular weight excluding hydrogens is 448 g/mol. The molecule has 0 bridgehead atoms. The van der Waals surface area contributed by atoms with Gasteiger partial charge in [0.05, 0.1) is 12.2 Å². The van der Waals surface area contributed by atoms with Gasteiger partial charge < -0.3 is 5.32 Å². The number of anilines is 1. The number of nitrogens with one attached hydrogen (secondary N) is 1. The zero-order valence-electron chi connectivity index (χ0n) is 18.9. The van der Waals surface area contributed by atoms with Crippen LogP contribution in [0.1, 0.15) is 16.8 Å². The lowest BCUT2D eigenvalue weighted by atomic mass is 10.0. The lowest BCUT2D eigenvalue weighted by molar-refractivity contribution is -0.116. The molecule has 3 heterocycles. The van der Waals surface area contributed by atoms with Gasteiger partial charge in [-0.3, -0.25) is 9.48 Å². The largest absolute Gasteiger partial charge is 0.308 e. The van der Waals surface area contributed by atoms with E-state index in [4.69, 9.17) is 11.6 Å². The summed E-state index contributed by atoms with van der Waals surface area (Å²) in [4.78, 5) is 17.3. The van der Waals surface area contributed by atoms with E-state index in [-0.39, 0.29) is 12.5 Å². The topological polar surface area (TPSA) is 77.6 Å². The molecule has 8 heteroatoms. The average Bonchev–Trinajstić information content (AvgIpc) is 3.39. The summed E-state index contributed by atoms with van der Waals surface area (Å²) in [5.74, 6) is 0.268. The van der Waals surface area contributed by atoms with Crippen molar-refractivity contribution in [2.24, 2.45) is 0 Å². The molecule has 5 rings (SSSR count). The summed E-state index contributed by atoms with van der Waals surface area (Å²) in [6.45, 7) is 4.63. The van der Waals surface area contributed by atoms with Gasteiger partial charge in [-0.1, -0.05) is 53.6 Å². The van der Waals surface area contributed by atoms with E-state index in [1.54, 1.807) is 21.6 Å². The van der Waals surface area contributed by atoms with Crippen molar-refractivity contribution in [3.8, 4) is 11.1 Å². The van der Waals surface area contributed by atoms with Crippen LogP contribution in [0.5, 0.6) is 0 Å². The molecule has 34 heavy (non-hydrogen) atoms. The SMILES string of the molecule is Cc1cccc(-c2ccnc3c2c(C)nn3CC(=O)Nc2ccn(Cc3ccc(Cl)cc3)n2)c1. The molecule has 1 amide bonds. The van der Waals surface area contributed by atoms with Gasteiger partial charge in [0.25, 0.3) is 0 Å². The van der Waals surface area contributed by atoms with Crippen molar-refractivity contribution in [1.29, 1.82) is 0 Å². The normalized spacial score (nSPS) is 11.1. The molecule has 3 aromatic heterocycles. The molecule has 0 unspecified atom stereocenters. The van der Waals surface area contributed by atoms with Crippen molar-refractivity contribution < 1.29 is 4.79 Å². The Morgan fingerprint density at radius 1 is 1.03 bits per heavy atom. The van der Waals surface area contributed by atoms with E-state index in [1.165, 1.54) is 5.56 Å². The number of hydrogen-bond acceptors (Lipinski definition) is 4. The smallest absolute Gasteiger partial charge is 0.247 e. The van der Waals surface area contributed by atoms with Gasteiger partial charge in [0.1, 0.15) is 6.54 Å². The zero-order chi connectivity index (χ0) is 23.7. The average molecular weight is 471 g/mol. The predicted molar refractivity (Wildman–Crippen MR) is 134 cm³/mol. The van der Waals surface area contributed by atoms with Crippen LogP contribution < -0.4 is 5.32 Å². The predicted octanol–water partition coefficient (Wildman–Crippen LogP) is 5.25. The Morgan fingerprint density at radius 3 is 2.65 bits per heavy atom. The van der Waals surface area contributed by atoms with Crippen LogP contribution in [0.25, 0.3) is 22.2 Å². The van der Waals surface area contributed by atoms with E-state index in [0.29, 0.717) is 23.0 Å². The molecule has 2 aromatic carbocycles. The number of pyridine rings is 1. The van der Waals surface area contributed by atoms with Crippen LogP contribution in [-0.2, 0) is 17.9 Å². The van der Waals surface area contributed by atoms with E-state index < -0.39 is 0 Å². The first-order chi connectivity index (χ1) is 16.5. The molecule has 0 radical (unpaired) electrons. The fourth-order valence-corrected chi connectivity index (χ4v) is 4.18. The highest BCUT2D eigenvalue weighted by Crippen LogP contribution is 2.30. The number of rotatable bonds is 6. The Morgan fingerprint density at radius 2 is 1.85 bits per heavy atom. The molecule has 0 fully saturated rings. The molecule has 5 aromatic rings. The number of halogens is 1. The van der Waals surface area contributed by atoms with E-state index in [9.17, 15) is 4.79 Å². The molecule has 170 valence electrons. The summed E-state index contributed by atoms with van der Waals surface area (Å²) < 4.78 is 3.41. The van der Waals surface area contributed by atoms with Crippen LogP contribution in [0.4, 0.5) is 5.82 Å². The van der Waals surface area contributed by atoms with Crippen molar-refractivity contribution in [2.75, 3.05) is 5.32 Å². The number of fused-ring (bicyclic) bond motifs is 1. The van der Waals surface area contributed by atoms with Gasteiger partial charge in [0.2, 0.25) is 5.91 Å². The zero-order valence-corrected chi connectivity index (χ0v) is 19.6. The lowest BCUT2D eigenvalue weighted by Gasteiger charge is -2.06. The van der Waals surface area contributed by atoms with Crippen molar-refractivity contribution in [3.63, 3.8) is 0 Å². The van der Waals surface area contributed by atoms with Crippen LogP contribution in [0.3, 0.4) is 0 Å². The number of hydrogen-bond donors (Lipinski definition) is 1. The molecule has 7 nitrogen and oxygen atoms in total. The van der Waals surface area contributed by atoms with E-state index in [0.717, 1.165) is 27.8 Å². The number of carbonyl (C=O) groups is 1. The number of carbonyl (C=O) groups excluding carboxylic acids is 1. The number of benzene rings is 2. The Kier molecular flexibility index (Phi) is 5.86. The van der Waals surface area contributed by atoms with E-state index in [1.807, 2.05) is 49.5 Å². The molecule has 0 aliphatic rings. The molecule has 0 saturated carbocycles. The van der Waals surface area contributed by atoms with Gasteiger partial charge in [-0.25, -0.2) is 9.67 Å². The maximum Gasteiger partial charge on any atom is 0.247 e. The highest BCUT2D eigenvalue weighted by Gasteiger charge is 2.16. The molecule has 0 atom stereocenters. The van der Waals surface area contributed by atoms with Crippen molar-refractivity contribution in [1.82, 2.24) is 24.5 Å². The van der Waals surface area contributed by atoms with E-state index in [2.05, 4.69) is 45.6 Å². The van der Waals surface area contributed by atoms with Gasteiger partial charge in [0, 0.05) is 28.9 Å². The highest BCUT2D eigenvalue weighted by atomic mass is 35.5. The van der Waals surface area contributed by atoms with Crippen LogP contribution in [0, 0.1) is 13.8 Å². The Bertz CT molecular complexity index is 1490. The number of nitrogens with zero attached hydrogens (tertiary/aromatic N) is 5. The minimum absolute atomic E-state index is 0.0403.